The van der Waals surface area contributed by atoms with Gasteiger partial charge in [0.25, 0.3) is 0 Å². The lowest BCUT2D eigenvalue weighted by molar-refractivity contribution is 0.476. The van der Waals surface area contributed by atoms with Crippen LogP contribution in [0.4, 0.5) is 11.5 Å². The molecule has 0 fully saturated rings. The smallest absolute Gasteiger partial charge is 0.195 e. The highest BCUT2D eigenvalue weighted by molar-refractivity contribution is 9.09. The molecule has 5 heteroatoms. The van der Waals surface area contributed by atoms with Crippen LogP contribution in [0.15, 0.2) is 24.3 Å². The first-order chi connectivity index (χ1) is 7.88. The molecule has 82 valence electrons. The summed E-state index contributed by atoms with van der Waals surface area (Å²) < 4.78 is 5.82. The number of alkyl halides is 1. The van der Waals surface area contributed by atoms with E-state index in [2.05, 4.69) is 31.4 Å². The molecular formula is C11H10BrN3O. The molecule has 2 N–H and O–H groups in total. The molecule has 0 saturated heterocycles. The number of nitrogens with one attached hydrogen (secondary N) is 2. The maximum absolute atomic E-state index is 5.82. The Kier molecular flexibility index (Phi) is 2.32. The van der Waals surface area contributed by atoms with E-state index in [1.54, 1.807) is 0 Å². The fourth-order valence-corrected chi connectivity index (χ4v) is 2.12. The first-order valence-electron chi connectivity index (χ1n) is 5.05. The normalized spacial score (nSPS) is 12.3. The van der Waals surface area contributed by atoms with Crippen LogP contribution in [-0.2, 0) is 6.42 Å². The third kappa shape index (κ3) is 1.48. The fourth-order valence-electron chi connectivity index (χ4n) is 1.72. The van der Waals surface area contributed by atoms with Crippen LogP contribution >= 0.6 is 15.9 Å². The van der Waals surface area contributed by atoms with E-state index >= 15 is 0 Å². The van der Waals surface area contributed by atoms with Crippen molar-refractivity contribution >= 4 is 27.4 Å². The number of aromatic nitrogens is 2. The van der Waals surface area contributed by atoms with Crippen molar-refractivity contribution in [1.82, 2.24) is 10.2 Å². The molecule has 0 atom stereocenters. The summed E-state index contributed by atoms with van der Waals surface area (Å²) in [6.45, 7) is 0. The number of para-hydroxylation sites is 2. The maximum atomic E-state index is 5.82. The van der Waals surface area contributed by atoms with E-state index in [1.807, 2.05) is 24.3 Å². The average molecular weight is 280 g/mol. The molecule has 2 aromatic rings. The van der Waals surface area contributed by atoms with E-state index in [9.17, 15) is 0 Å². The molecular weight excluding hydrogens is 270 g/mol. The van der Waals surface area contributed by atoms with Crippen molar-refractivity contribution in [3.8, 4) is 11.5 Å². The summed E-state index contributed by atoms with van der Waals surface area (Å²) >= 11 is 3.41. The molecule has 3 rings (SSSR count). The van der Waals surface area contributed by atoms with Crippen molar-refractivity contribution in [3.05, 3.63) is 30.0 Å². The largest absolute Gasteiger partial charge is 0.449 e. The van der Waals surface area contributed by atoms with Crippen LogP contribution in [0.5, 0.6) is 11.5 Å². The van der Waals surface area contributed by atoms with Gasteiger partial charge in [-0.15, -0.1) is 0 Å². The predicted molar refractivity (Wildman–Crippen MR) is 65.9 cm³/mol. The molecule has 0 saturated carbocycles. The zero-order chi connectivity index (χ0) is 11.0. The summed E-state index contributed by atoms with van der Waals surface area (Å²) in [5.41, 5.74) is 1.96. The first kappa shape index (κ1) is 9.72. The lowest BCUT2D eigenvalue weighted by Crippen LogP contribution is -2.02. The van der Waals surface area contributed by atoms with Gasteiger partial charge >= 0.3 is 0 Å². The molecule has 2 heterocycles. The molecule has 1 aromatic heterocycles. The Balaban J connectivity index is 2.01. The zero-order valence-corrected chi connectivity index (χ0v) is 10.0. The second-order valence-corrected chi connectivity index (χ2v) is 4.34. The standard InChI is InChI=1S/C11H10BrN3O/c12-6-5-8-10-11(15-14-8)13-7-3-1-2-4-9(7)16-10/h1-4H,5-6H2,(H2,13,14,15). The van der Waals surface area contributed by atoms with Crippen LogP contribution in [0.3, 0.4) is 0 Å². The highest BCUT2D eigenvalue weighted by Crippen LogP contribution is 2.42. The van der Waals surface area contributed by atoms with Gasteiger partial charge in [-0.25, -0.2) is 0 Å². The van der Waals surface area contributed by atoms with E-state index in [4.69, 9.17) is 4.74 Å². The summed E-state index contributed by atoms with van der Waals surface area (Å²) in [4.78, 5) is 0. The number of halogens is 1. The van der Waals surface area contributed by atoms with Crippen molar-refractivity contribution < 1.29 is 4.74 Å². The van der Waals surface area contributed by atoms with Crippen molar-refractivity contribution in [1.29, 1.82) is 0 Å². The fraction of sp³-hybridized carbons (Fsp3) is 0.182. The molecule has 0 amide bonds. The number of anilines is 2. The molecule has 16 heavy (non-hydrogen) atoms. The number of ether oxygens (including phenoxy) is 1. The highest BCUT2D eigenvalue weighted by atomic mass is 79.9. The first-order valence-corrected chi connectivity index (χ1v) is 6.18. The number of aryl methyl sites for hydroxylation is 1. The van der Waals surface area contributed by atoms with Crippen LogP contribution < -0.4 is 10.1 Å². The van der Waals surface area contributed by atoms with E-state index < -0.39 is 0 Å². The summed E-state index contributed by atoms with van der Waals surface area (Å²) in [6.07, 6.45) is 0.867. The third-order valence-corrected chi connectivity index (χ3v) is 2.88. The number of H-pyrrole nitrogens is 1. The molecule has 1 aliphatic heterocycles. The summed E-state index contributed by atoms with van der Waals surface area (Å²) in [7, 11) is 0. The Morgan fingerprint density at radius 3 is 3.06 bits per heavy atom. The van der Waals surface area contributed by atoms with Crippen LogP contribution in [0.25, 0.3) is 0 Å². The molecule has 1 aliphatic rings. The third-order valence-electron chi connectivity index (χ3n) is 2.49. The summed E-state index contributed by atoms with van der Waals surface area (Å²) in [6, 6.07) is 7.83. The van der Waals surface area contributed by atoms with Crippen LogP contribution in [0.2, 0.25) is 0 Å². The van der Waals surface area contributed by atoms with Gasteiger partial charge in [-0.3, -0.25) is 5.10 Å². The number of benzene rings is 1. The van der Waals surface area contributed by atoms with Crippen molar-refractivity contribution in [2.45, 2.75) is 6.42 Å². The molecule has 0 radical (unpaired) electrons. The topological polar surface area (TPSA) is 49.9 Å². The minimum Gasteiger partial charge on any atom is -0.449 e. The van der Waals surface area contributed by atoms with Gasteiger partial charge in [0.2, 0.25) is 0 Å². The Morgan fingerprint density at radius 1 is 1.31 bits per heavy atom. The maximum Gasteiger partial charge on any atom is 0.195 e. The minimum atomic E-state index is 0.759. The van der Waals surface area contributed by atoms with Crippen LogP contribution in [0, 0.1) is 0 Å². The van der Waals surface area contributed by atoms with Gasteiger partial charge in [0.05, 0.1) is 11.4 Å². The summed E-state index contributed by atoms with van der Waals surface area (Å²) in [5, 5.41) is 11.3. The van der Waals surface area contributed by atoms with Gasteiger partial charge in [0, 0.05) is 11.8 Å². The Hall–Kier alpha value is -1.49. The lowest BCUT2D eigenvalue weighted by Gasteiger charge is -2.18. The Labute approximate surface area is 101 Å². The predicted octanol–water partition coefficient (Wildman–Crippen LogP) is 3.20. The van der Waals surface area contributed by atoms with Gasteiger partial charge in [-0.1, -0.05) is 28.1 Å². The van der Waals surface area contributed by atoms with E-state index in [0.29, 0.717) is 0 Å². The van der Waals surface area contributed by atoms with E-state index in [-0.39, 0.29) is 0 Å². The molecule has 1 aromatic carbocycles. The monoisotopic (exact) mass is 279 g/mol. The Bertz CT molecular complexity index is 524. The highest BCUT2D eigenvalue weighted by Gasteiger charge is 2.21. The molecule has 0 spiro atoms. The van der Waals surface area contributed by atoms with Crippen LogP contribution in [0.1, 0.15) is 5.69 Å². The second-order valence-electron chi connectivity index (χ2n) is 3.54. The quantitative estimate of drug-likeness (QED) is 0.709. The van der Waals surface area contributed by atoms with Gasteiger partial charge in [-0.05, 0) is 12.1 Å². The molecule has 0 unspecified atom stereocenters. The number of fused-ring (bicyclic) bond motifs is 2. The van der Waals surface area contributed by atoms with Gasteiger partial charge < -0.3 is 10.1 Å². The lowest BCUT2D eigenvalue weighted by atomic mass is 10.2. The number of rotatable bonds is 2. The number of aromatic amines is 1. The van der Waals surface area contributed by atoms with Crippen molar-refractivity contribution in [3.63, 3.8) is 0 Å². The number of nitrogens with zero attached hydrogens (tertiary/aromatic N) is 1. The van der Waals surface area contributed by atoms with Gasteiger partial charge in [0.1, 0.15) is 0 Å². The second kappa shape index (κ2) is 3.83. The van der Waals surface area contributed by atoms with Crippen molar-refractivity contribution in [2.75, 3.05) is 10.6 Å². The van der Waals surface area contributed by atoms with Gasteiger partial charge in [0.15, 0.2) is 17.3 Å². The average Bonchev–Trinajstić information content (AvgIpc) is 2.70. The van der Waals surface area contributed by atoms with Crippen LogP contribution in [-0.4, -0.2) is 15.5 Å². The number of hydrogen-bond donors (Lipinski definition) is 2. The zero-order valence-electron chi connectivity index (χ0n) is 8.46. The SMILES string of the molecule is BrCCc1[nH]nc2c1Oc1ccccc1N2. The summed E-state index contributed by atoms with van der Waals surface area (Å²) in [5.74, 6) is 2.40. The van der Waals surface area contributed by atoms with Crippen molar-refractivity contribution in [2.24, 2.45) is 0 Å². The Morgan fingerprint density at radius 2 is 2.19 bits per heavy atom. The van der Waals surface area contributed by atoms with E-state index in [1.165, 1.54) is 0 Å². The molecule has 0 aliphatic carbocycles. The molecule has 4 nitrogen and oxygen atoms in total. The number of hydrogen-bond acceptors (Lipinski definition) is 3. The minimum absolute atomic E-state index is 0.759. The van der Waals surface area contributed by atoms with Gasteiger partial charge in [-0.2, -0.15) is 5.10 Å². The molecule has 0 bridgehead atoms. The van der Waals surface area contributed by atoms with E-state index in [0.717, 1.165) is 40.4 Å².